The number of ether oxygens (including phenoxy) is 1. The van der Waals surface area contributed by atoms with E-state index in [1.165, 1.54) is 12.1 Å². The highest BCUT2D eigenvalue weighted by Crippen LogP contribution is 2.29. The summed E-state index contributed by atoms with van der Waals surface area (Å²) < 4.78 is 45.5. The molecule has 24 heavy (non-hydrogen) atoms. The first-order chi connectivity index (χ1) is 11.5. The molecular weight excluding hydrogens is 331 g/mol. The lowest BCUT2D eigenvalue weighted by Crippen LogP contribution is -2.45. The molecule has 134 valence electrons. The molecule has 0 saturated carbocycles. The van der Waals surface area contributed by atoms with Crippen LogP contribution in [0.5, 0.6) is 0 Å². The van der Waals surface area contributed by atoms with Crippen LogP contribution >= 0.6 is 0 Å². The number of fused-ring (bicyclic) bond motifs is 4. The monoisotopic (exact) mass is 356 g/mol. The number of sulfonamides is 1. The van der Waals surface area contributed by atoms with Crippen LogP contribution in [0.3, 0.4) is 0 Å². The van der Waals surface area contributed by atoms with E-state index in [1.54, 1.807) is 23.5 Å². The standard InChI is InChI=1S/C17H25FN2O3S/c1-23-9-8-19-10-15-4-7-17(19)12-20(11-15)24(21,22)13-14-2-5-16(18)6-3-14/h2-3,5-6,15,17H,4,7-13H2,1H3/t15-,17-/m0/s1. The predicted octanol–water partition coefficient (Wildman–Crippen LogP) is 1.70. The number of methoxy groups -OCH3 is 1. The van der Waals surface area contributed by atoms with Crippen LogP contribution in [0.15, 0.2) is 24.3 Å². The molecule has 3 fully saturated rings. The van der Waals surface area contributed by atoms with Crippen LogP contribution in [-0.2, 0) is 20.5 Å². The molecule has 4 rings (SSSR count). The van der Waals surface area contributed by atoms with E-state index in [0.29, 0.717) is 31.2 Å². The number of hydrogen-bond acceptors (Lipinski definition) is 4. The van der Waals surface area contributed by atoms with Crippen molar-refractivity contribution in [1.29, 1.82) is 0 Å². The number of rotatable bonds is 6. The highest BCUT2D eigenvalue weighted by atomic mass is 32.2. The molecule has 0 aromatic heterocycles. The Labute approximate surface area is 143 Å². The zero-order chi connectivity index (χ0) is 17.2. The third kappa shape index (κ3) is 4.14. The van der Waals surface area contributed by atoms with E-state index in [2.05, 4.69) is 4.90 Å². The fraction of sp³-hybridized carbons (Fsp3) is 0.647. The molecule has 0 unspecified atom stereocenters. The fourth-order valence-electron chi connectivity index (χ4n) is 3.73. The second kappa shape index (κ2) is 7.47. The van der Waals surface area contributed by atoms with E-state index < -0.39 is 10.0 Å². The first kappa shape index (κ1) is 17.8. The van der Waals surface area contributed by atoms with E-state index >= 15 is 0 Å². The van der Waals surface area contributed by atoms with Gasteiger partial charge in [-0.2, -0.15) is 4.31 Å². The van der Waals surface area contributed by atoms with Gasteiger partial charge in [-0.3, -0.25) is 4.90 Å². The van der Waals surface area contributed by atoms with Gasteiger partial charge < -0.3 is 4.74 Å². The summed E-state index contributed by atoms with van der Waals surface area (Å²) >= 11 is 0. The lowest BCUT2D eigenvalue weighted by Gasteiger charge is -2.35. The van der Waals surface area contributed by atoms with Crippen molar-refractivity contribution in [2.75, 3.05) is 39.9 Å². The minimum absolute atomic E-state index is 0.0647. The van der Waals surface area contributed by atoms with E-state index in [9.17, 15) is 12.8 Å². The van der Waals surface area contributed by atoms with Crippen LogP contribution in [0.25, 0.3) is 0 Å². The number of nitrogens with zero attached hydrogens (tertiary/aromatic N) is 2. The largest absolute Gasteiger partial charge is 0.383 e. The number of benzene rings is 1. The quantitative estimate of drug-likeness (QED) is 0.778. The summed E-state index contributed by atoms with van der Waals surface area (Å²) in [5, 5.41) is 0. The first-order valence-electron chi connectivity index (χ1n) is 8.43. The maximum atomic E-state index is 13.0. The Hall–Kier alpha value is -1.02. The Morgan fingerprint density at radius 2 is 1.92 bits per heavy atom. The summed E-state index contributed by atoms with van der Waals surface area (Å²) in [7, 11) is -1.70. The molecule has 1 aromatic rings. The summed E-state index contributed by atoms with van der Waals surface area (Å²) in [5.74, 6) is -0.0357. The minimum atomic E-state index is -3.39. The molecule has 0 spiro atoms. The summed E-state index contributed by atoms with van der Waals surface area (Å²) in [4.78, 5) is 2.37. The van der Waals surface area contributed by atoms with Gasteiger partial charge in [-0.1, -0.05) is 12.1 Å². The van der Waals surface area contributed by atoms with Crippen LogP contribution in [0.4, 0.5) is 4.39 Å². The number of hydrogen-bond donors (Lipinski definition) is 0. The van der Waals surface area contributed by atoms with Gasteiger partial charge in [0.1, 0.15) is 5.82 Å². The second-order valence-electron chi connectivity index (χ2n) is 6.78. The van der Waals surface area contributed by atoms with E-state index in [-0.39, 0.29) is 17.6 Å². The van der Waals surface area contributed by atoms with E-state index in [4.69, 9.17) is 4.74 Å². The van der Waals surface area contributed by atoms with Crippen molar-refractivity contribution in [1.82, 2.24) is 9.21 Å². The molecule has 0 N–H and O–H groups in total. The van der Waals surface area contributed by atoms with Crippen LogP contribution in [0, 0.1) is 11.7 Å². The maximum Gasteiger partial charge on any atom is 0.218 e. The molecule has 0 radical (unpaired) electrons. The van der Waals surface area contributed by atoms with Gasteiger partial charge in [-0.25, -0.2) is 12.8 Å². The SMILES string of the molecule is COCCN1C[C@@H]2CC[C@H]1CN(S(=O)(=O)Cc1ccc(F)cc1)C2. The van der Waals surface area contributed by atoms with Gasteiger partial charge >= 0.3 is 0 Å². The average molecular weight is 356 g/mol. The average Bonchev–Trinajstić information content (AvgIpc) is 2.87. The van der Waals surface area contributed by atoms with Crippen LogP contribution in [0.2, 0.25) is 0 Å². The maximum absolute atomic E-state index is 13.0. The van der Waals surface area contributed by atoms with Crippen molar-refractivity contribution in [3.8, 4) is 0 Å². The number of piperidine rings is 1. The third-order valence-corrected chi connectivity index (χ3v) is 6.81. The topological polar surface area (TPSA) is 49.9 Å². The highest BCUT2D eigenvalue weighted by molar-refractivity contribution is 7.88. The lowest BCUT2D eigenvalue weighted by molar-refractivity contribution is 0.0881. The van der Waals surface area contributed by atoms with Gasteiger partial charge in [0.05, 0.1) is 12.4 Å². The van der Waals surface area contributed by atoms with Crippen molar-refractivity contribution in [2.24, 2.45) is 5.92 Å². The van der Waals surface area contributed by atoms with Crippen molar-refractivity contribution in [3.05, 3.63) is 35.6 Å². The molecule has 3 saturated heterocycles. The van der Waals surface area contributed by atoms with Crippen LogP contribution < -0.4 is 0 Å². The Kier molecular flexibility index (Phi) is 5.54. The summed E-state index contributed by atoms with van der Waals surface area (Å²) in [6.07, 6.45) is 2.12. The van der Waals surface area contributed by atoms with Gasteiger partial charge in [0.25, 0.3) is 0 Å². The van der Waals surface area contributed by atoms with Gasteiger partial charge in [0, 0.05) is 39.3 Å². The molecule has 3 aliphatic rings. The fourth-order valence-corrected chi connectivity index (χ4v) is 5.36. The molecule has 0 aliphatic carbocycles. The second-order valence-corrected chi connectivity index (χ2v) is 8.75. The van der Waals surface area contributed by atoms with Crippen molar-refractivity contribution in [2.45, 2.75) is 24.6 Å². The molecular formula is C17H25FN2O3S. The Morgan fingerprint density at radius 3 is 2.62 bits per heavy atom. The minimum Gasteiger partial charge on any atom is -0.383 e. The van der Waals surface area contributed by atoms with Gasteiger partial charge in [-0.05, 0) is 36.5 Å². The smallest absolute Gasteiger partial charge is 0.218 e. The molecule has 2 bridgehead atoms. The summed E-state index contributed by atoms with van der Waals surface area (Å²) in [6, 6.07) is 5.98. The summed E-state index contributed by atoms with van der Waals surface area (Å²) in [5.41, 5.74) is 0.629. The van der Waals surface area contributed by atoms with E-state index in [0.717, 1.165) is 25.9 Å². The highest BCUT2D eigenvalue weighted by Gasteiger charge is 2.38. The normalized spacial score (nSPS) is 25.8. The Morgan fingerprint density at radius 1 is 1.17 bits per heavy atom. The number of halogens is 1. The molecule has 5 nitrogen and oxygen atoms in total. The molecule has 1 aromatic carbocycles. The van der Waals surface area contributed by atoms with Gasteiger partial charge in [-0.15, -0.1) is 0 Å². The summed E-state index contributed by atoms with van der Waals surface area (Å²) in [6.45, 7) is 3.60. The third-order valence-electron chi connectivity index (χ3n) is 5.03. The predicted molar refractivity (Wildman–Crippen MR) is 90.6 cm³/mol. The zero-order valence-electron chi connectivity index (χ0n) is 14.0. The van der Waals surface area contributed by atoms with Crippen LogP contribution in [0.1, 0.15) is 18.4 Å². The molecule has 2 atom stereocenters. The van der Waals surface area contributed by atoms with Crippen molar-refractivity contribution < 1.29 is 17.5 Å². The van der Waals surface area contributed by atoms with Crippen molar-refractivity contribution >= 4 is 10.0 Å². The Balaban J connectivity index is 1.71. The molecule has 3 heterocycles. The Bertz CT molecular complexity index is 650. The van der Waals surface area contributed by atoms with Gasteiger partial charge in [0.2, 0.25) is 10.0 Å². The molecule has 0 amide bonds. The van der Waals surface area contributed by atoms with Crippen molar-refractivity contribution in [3.63, 3.8) is 0 Å². The van der Waals surface area contributed by atoms with Crippen LogP contribution in [-0.4, -0.2) is 63.6 Å². The zero-order valence-corrected chi connectivity index (χ0v) is 14.8. The van der Waals surface area contributed by atoms with Gasteiger partial charge in [0.15, 0.2) is 0 Å². The molecule has 7 heteroatoms. The molecule has 3 aliphatic heterocycles. The van der Waals surface area contributed by atoms with E-state index in [1.807, 2.05) is 0 Å². The first-order valence-corrected chi connectivity index (χ1v) is 10.0. The lowest BCUT2D eigenvalue weighted by atomic mass is 9.95.